The van der Waals surface area contributed by atoms with E-state index in [4.69, 9.17) is 5.11 Å². The highest BCUT2D eigenvalue weighted by molar-refractivity contribution is 5.79. The zero-order chi connectivity index (χ0) is 13.9. The lowest BCUT2D eigenvalue weighted by molar-refractivity contribution is -0.125. The quantitative estimate of drug-likeness (QED) is 0.820. The van der Waals surface area contributed by atoms with Gasteiger partial charge in [0.25, 0.3) is 0 Å². The number of nitrogens with one attached hydrogen (secondary N) is 1. The first kappa shape index (κ1) is 13.2. The van der Waals surface area contributed by atoms with Gasteiger partial charge in [0, 0.05) is 18.0 Å². The maximum absolute atomic E-state index is 12.1. The first-order chi connectivity index (χ1) is 9.78. The minimum absolute atomic E-state index is 0.147. The third-order valence-corrected chi connectivity index (χ3v) is 4.39. The van der Waals surface area contributed by atoms with Crippen molar-refractivity contribution >= 4 is 5.91 Å². The molecule has 0 spiro atoms. The molecule has 2 fully saturated rings. The zero-order valence-corrected chi connectivity index (χ0v) is 11.4. The monoisotopic (exact) mass is 269 g/mol. The lowest BCUT2D eigenvalue weighted by atomic mass is 10.0. The van der Waals surface area contributed by atoms with E-state index < -0.39 is 0 Å². The van der Waals surface area contributed by atoms with Crippen LogP contribution in [0.3, 0.4) is 0 Å². The second-order valence-electron chi connectivity index (χ2n) is 5.76. The molecule has 2 unspecified atom stereocenters. The molecule has 3 rings (SSSR count). The number of aliphatic hydroxyl groups excluding tert-OH is 1. The van der Waals surface area contributed by atoms with E-state index >= 15 is 0 Å². The summed E-state index contributed by atoms with van der Waals surface area (Å²) in [6.45, 7) is 0.368. The van der Waals surface area contributed by atoms with Gasteiger partial charge in [-0.3, -0.25) is 4.79 Å². The highest BCUT2D eigenvalue weighted by Gasteiger charge is 2.47. The molecule has 2 aliphatic carbocycles. The van der Waals surface area contributed by atoms with Gasteiger partial charge in [0.1, 0.15) is 6.61 Å². The molecule has 1 aromatic carbocycles. The van der Waals surface area contributed by atoms with Crippen molar-refractivity contribution in [2.24, 2.45) is 17.8 Å². The van der Waals surface area contributed by atoms with E-state index in [0.29, 0.717) is 6.54 Å². The Balaban J connectivity index is 1.59. The predicted octanol–water partition coefficient (Wildman–Crippen LogP) is 1.69. The number of rotatable bonds is 3. The smallest absolute Gasteiger partial charge is 0.223 e. The van der Waals surface area contributed by atoms with Gasteiger partial charge >= 0.3 is 0 Å². The van der Waals surface area contributed by atoms with Crippen LogP contribution < -0.4 is 5.32 Å². The van der Waals surface area contributed by atoms with E-state index in [1.807, 2.05) is 24.3 Å². The fraction of sp³-hybridized carbons (Fsp3) is 0.471. The van der Waals surface area contributed by atoms with Crippen LogP contribution >= 0.6 is 0 Å². The van der Waals surface area contributed by atoms with Gasteiger partial charge in [-0.2, -0.15) is 0 Å². The summed E-state index contributed by atoms with van der Waals surface area (Å²) >= 11 is 0. The van der Waals surface area contributed by atoms with Crippen LogP contribution in [0.25, 0.3) is 0 Å². The summed E-state index contributed by atoms with van der Waals surface area (Å²) in [6, 6.07) is 7.73. The van der Waals surface area contributed by atoms with E-state index in [0.717, 1.165) is 35.8 Å². The summed E-state index contributed by atoms with van der Waals surface area (Å²) in [4.78, 5) is 12.1. The number of hydrogen-bond acceptors (Lipinski definition) is 2. The van der Waals surface area contributed by atoms with Gasteiger partial charge in [-0.15, -0.1) is 0 Å². The van der Waals surface area contributed by atoms with Crippen molar-refractivity contribution in [2.45, 2.75) is 25.8 Å². The third kappa shape index (κ3) is 2.86. The van der Waals surface area contributed by atoms with Crippen molar-refractivity contribution in [1.29, 1.82) is 0 Å². The highest BCUT2D eigenvalue weighted by Crippen LogP contribution is 2.54. The summed E-state index contributed by atoms with van der Waals surface area (Å²) in [5.74, 6) is 7.63. The molecule has 20 heavy (non-hydrogen) atoms. The molecule has 2 atom stereocenters. The molecule has 3 heteroatoms. The maximum atomic E-state index is 12.1. The number of fused-ring (bicyclic) bond motifs is 1. The maximum Gasteiger partial charge on any atom is 0.223 e. The summed E-state index contributed by atoms with van der Waals surface area (Å²) < 4.78 is 0. The van der Waals surface area contributed by atoms with Gasteiger partial charge in [-0.05, 0) is 42.7 Å². The Hall–Kier alpha value is -1.79. The second kappa shape index (κ2) is 5.68. The lowest BCUT2D eigenvalue weighted by Crippen LogP contribution is -2.29. The molecular weight excluding hydrogens is 250 g/mol. The van der Waals surface area contributed by atoms with Crippen LogP contribution in [-0.4, -0.2) is 17.6 Å². The lowest BCUT2D eigenvalue weighted by Gasteiger charge is -2.13. The van der Waals surface area contributed by atoms with Crippen molar-refractivity contribution < 1.29 is 9.90 Å². The number of carbonyl (C=O) groups excluding carboxylic acids is 1. The third-order valence-electron chi connectivity index (χ3n) is 4.39. The standard InChI is InChI=1S/C17H19NO2/c19-7-3-6-12-4-1-2-5-13(12)11-18-17(20)16-9-14-8-15(14)10-16/h1-2,4-5,14-16,19H,7-11H2,(H,18,20). The molecule has 0 saturated heterocycles. The Morgan fingerprint density at radius 1 is 1.25 bits per heavy atom. The molecule has 1 amide bonds. The van der Waals surface area contributed by atoms with Crippen LogP contribution in [0.5, 0.6) is 0 Å². The fourth-order valence-electron chi connectivity index (χ4n) is 3.19. The first-order valence-electron chi connectivity index (χ1n) is 7.23. The minimum atomic E-state index is -0.147. The van der Waals surface area contributed by atoms with E-state index in [-0.39, 0.29) is 18.4 Å². The topological polar surface area (TPSA) is 49.3 Å². The molecule has 0 radical (unpaired) electrons. The van der Waals surface area contributed by atoms with Crippen molar-refractivity contribution in [3.63, 3.8) is 0 Å². The molecule has 104 valence electrons. The average Bonchev–Trinajstić information content (AvgIpc) is 3.09. The molecule has 3 nitrogen and oxygen atoms in total. The van der Waals surface area contributed by atoms with Crippen molar-refractivity contribution in [2.75, 3.05) is 6.61 Å². The van der Waals surface area contributed by atoms with Crippen LogP contribution in [0.15, 0.2) is 24.3 Å². The average molecular weight is 269 g/mol. The SMILES string of the molecule is O=C(NCc1ccccc1C#CCO)C1CC2CC2C1. The predicted molar refractivity (Wildman–Crippen MR) is 76.6 cm³/mol. The molecule has 1 aromatic rings. The van der Waals surface area contributed by atoms with Crippen molar-refractivity contribution in [3.05, 3.63) is 35.4 Å². The van der Waals surface area contributed by atoms with E-state index in [9.17, 15) is 4.79 Å². The molecule has 2 N–H and O–H groups in total. The summed E-state index contributed by atoms with van der Waals surface area (Å²) in [7, 11) is 0. The number of carbonyl (C=O) groups is 1. The number of amides is 1. The van der Waals surface area contributed by atoms with Crippen molar-refractivity contribution in [3.8, 4) is 11.8 Å². The van der Waals surface area contributed by atoms with E-state index in [2.05, 4.69) is 17.2 Å². The Labute approximate surface area is 119 Å². The highest BCUT2D eigenvalue weighted by atomic mass is 16.2. The van der Waals surface area contributed by atoms with Crippen LogP contribution in [-0.2, 0) is 11.3 Å². The van der Waals surface area contributed by atoms with Crippen LogP contribution in [0.2, 0.25) is 0 Å². The first-order valence-corrected chi connectivity index (χ1v) is 7.23. The summed E-state index contributed by atoms with van der Waals surface area (Å²) in [5, 5.41) is 11.8. The molecule has 2 aliphatic rings. The molecular formula is C17H19NO2. The fourth-order valence-corrected chi connectivity index (χ4v) is 3.19. The molecule has 2 saturated carbocycles. The van der Waals surface area contributed by atoms with Gasteiger partial charge in [0.2, 0.25) is 5.91 Å². The van der Waals surface area contributed by atoms with Gasteiger partial charge in [0.15, 0.2) is 0 Å². The zero-order valence-electron chi connectivity index (χ0n) is 11.4. The Bertz CT molecular complexity index is 560. The number of hydrogen-bond donors (Lipinski definition) is 2. The van der Waals surface area contributed by atoms with Gasteiger partial charge in [-0.1, -0.05) is 30.0 Å². The van der Waals surface area contributed by atoms with E-state index in [1.54, 1.807) is 0 Å². The Morgan fingerprint density at radius 2 is 2.00 bits per heavy atom. The molecule has 0 aliphatic heterocycles. The van der Waals surface area contributed by atoms with Gasteiger partial charge < -0.3 is 10.4 Å². The number of benzene rings is 1. The van der Waals surface area contributed by atoms with Crippen LogP contribution in [0, 0.1) is 29.6 Å². The summed E-state index contributed by atoms with van der Waals surface area (Å²) in [6.07, 6.45) is 3.48. The van der Waals surface area contributed by atoms with Crippen LogP contribution in [0.4, 0.5) is 0 Å². The Morgan fingerprint density at radius 3 is 2.75 bits per heavy atom. The van der Waals surface area contributed by atoms with Crippen LogP contribution in [0.1, 0.15) is 30.4 Å². The van der Waals surface area contributed by atoms with Crippen molar-refractivity contribution in [1.82, 2.24) is 5.32 Å². The van der Waals surface area contributed by atoms with Gasteiger partial charge in [-0.25, -0.2) is 0 Å². The molecule has 0 aromatic heterocycles. The molecule has 0 bridgehead atoms. The number of aliphatic hydroxyl groups is 1. The minimum Gasteiger partial charge on any atom is -0.384 e. The summed E-state index contributed by atoms with van der Waals surface area (Å²) in [5.41, 5.74) is 1.88. The second-order valence-corrected chi connectivity index (χ2v) is 5.76. The van der Waals surface area contributed by atoms with E-state index in [1.165, 1.54) is 6.42 Å². The Kier molecular flexibility index (Phi) is 3.75. The molecule has 0 heterocycles. The largest absolute Gasteiger partial charge is 0.384 e. The van der Waals surface area contributed by atoms with Gasteiger partial charge in [0.05, 0.1) is 0 Å². The normalized spacial score (nSPS) is 26.4.